The standard InChI is InChI=1S/C23H27ClN2O5/c1-15(2)13-31-23-19(24)11-16(12-20(23)30-4)5-10-21(27)25-17-6-8-18(9-7-17)26-22(28)14-29-3/h5-12,15H,13-14H2,1-4H3,(H,25,27)(H,26,28)/b10-5+. The van der Waals surface area contributed by atoms with Crippen molar-refractivity contribution in [3.63, 3.8) is 0 Å². The van der Waals surface area contributed by atoms with Gasteiger partial charge in [-0.05, 0) is 54.0 Å². The summed E-state index contributed by atoms with van der Waals surface area (Å²) in [5.41, 5.74) is 1.90. The van der Waals surface area contributed by atoms with Crippen molar-refractivity contribution in [1.82, 2.24) is 0 Å². The highest BCUT2D eigenvalue weighted by Gasteiger charge is 2.12. The second kappa shape index (κ2) is 12.0. The zero-order chi connectivity index (χ0) is 22.8. The summed E-state index contributed by atoms with van der Waals surface area (Å²) in [6, 6.07) is 10.2. The maximum Gasteiger partial charge on any atom is 0.250 e. The molecule has 2 amide bonds. The zero-order valence-corrected chi connectivity index (χ0v) is 18.8. The lowest BCUT2D eigenvalue weighted by molar-refractivity contribution is -0.119. The van der Waals surface area contributed by atoms with E-state index in [2.05, 4.69) is 10.6 Å². The van der Waals surface area contributed by atoms with Crippen LogP contribution in [-0.2, 0) is 14.3 Å². The number of halogens is 1. The summed E-state index contributed by atoms with van der Waals surface area (Å²) in [6.45, 7) is 4.58. The van der Waals surface area contributed by atoms with Crippen LogP contribution in [0, 0.1) is 5.92 Å². The van der Waals surface area contributed by atoms with Crippen LogP contribution in [0.1, 0.15) is 19.4 Å². The molecule has 0 unspecified atom stereocenters. The molecule has 0 aromatic heterocycles. The van der Waals surface area contributed by atoms with Crippen LogP contribution in [0.4, 0.5) is 11.4 Å². The minimum atomic E-state index is -0.314. The van der Waals surface area contributed by atoms with Crippen molar-refractivity contribution in [2.24, 2.45) is 5.92 Å². The highest BCUT2D eigenvalue weighted by atomic mass is 35.5. The highest BCUT2D eigenvalue weighted by molar-refractivity contribution is 6.32. The van der Waals surface area contributed by atoms with Crippen molar-refractivity contribution < 1.29 is 23.8 Å². The smallest absolute Gasteiger partial charge is 0.250 e. The van der Waals surface area contributed by atoms with Crippen molar-refractivity contribution in [3.8, 4) is 11.5 Å². The molecular weight excluding hydrogens is 420 g/mol. The molecule has 8 heteroatoms. The number of ether oxygens (including phenoxy) is 3. The molecule has 2 aromatic carbocycles. The van der Waals surface area contributed by atoms with E-state index >= 15 is 0 Å². The predicted octanol–water partition coefficient (Wildman–Crippen LogP) is 4.62. The Balaban J connectivity index is 2.01. The van der Waals surface area contributed by atoms with Crippen LogP contribution < -0.4 is 20.1 Å². The maximum absolute atomic E-state index is 12.2. The van der Waals surface area contributed by atoms with E-state index in [1.165, 1.54) is 20.3 Å². The number of amides is 2. The number of carbonyl (C=O) groups excluding carboxylic acids is 2. The van der Waals surface area contributed by atoms with Gasteiger partial charge < -0.3 is 24.8 Å². The molecule has 0 saturated carbocycles. The number of anilines is 2. The minimum Gasteiger partial charge on any atom is -0.493 e. The van der Waals surface area contributed by atoms with Gasteiger partial charge in [-0.15, -0.1) is 0 Å². The Kier molecular flexibility index (Phi) is 9.37. The van der Waals surface area contributed by atoms with Crippen LogP contribution in [-0.4, -0.2) is 39.2 Å². The Morgan fingerprint density at radius 1 is 1.06 bits per heavy atom. The molecule has 0 aliphatic carbocycles. The molecule has 31 heavy (non-hydrogen) atoms. The fourth-order valence-electron chi connectivity index (χ4n) is 2.55. The van der Waals surface area contributed by atoms with Crippen molar-refractivity contribution in [1.29, 1.82) is 0 Å². The molecule has 7 nitrogen and oxygen atoms in total. The van der Waals surface area contributed by atoms with Gasteiger partial charge in [0.15, 0.2) is 11.5 Å². The average Bonchev–Trinajstić information content (AvgIpc) is 2.72. The van der Waals surface area contributed by atoms with Gasteiger partial charge in [0.2, 0.25) is 11.8 Å². The van der Waals surface area contributed by atoms with Gasteiger partial charge in [0, 0.05) is 24.6 Å². The molecule has 0 heterocycles. The Labute approximate surface area is 187 Å². The van der Waals surface area contributed by atoms with Crippen molar-refractivity contribution in [2.75, 3.05) is 38.1 Å². The molecule has 2 aromatic rings. The van der Waals surface area contributed by atoms with Crippen LogP contribution in [0.3, 0.4) is 0 Å². The van der Waals surface area contributed by atoms with Gasteiger partial charge >= 0.3 is 0 Å². The fourth-order valence-corrected chi connectivity index (χ4v) is 2.82. The van der Waals surface area contributed by atoms with Crippen LogP contribution in [0.15, 0.2) is 42.5 Å². The van der Waals surface area contributed by atoms with Crippen LogP contribution in [0.2, 0.25) is 5.02 Å². The van der Waals surface area contributed by atoms with E-state index in [1.54, 1.807) is 42.5 Å². The average molecular weight is 447 g/mol. The summed E-state index contributed by atoms with van der Waals surface area (Å²) < 4.78 is 15.9. The Hall–Kier alpha value is -3.03. The maximum atomic E-state index is 12.2. The minimum absolute atomic E-state index is 0.0249. The first-order chi connectivity index (χ1) is 14.8. The molecule has 0 bridgehead atoms. The van der Waals surface area contributed by atoms with Crippen molar-refractivity contribution in [3.05, 3.63) is 53.1 Å². The molecule has 2 rings (SSSR count). The van der Waals surface area contributed by atoms with Crippen LogP contribution >= 0.6 is 11.6 Å². The third kappa shape index (κ3) is 7.96. The summed E-state index contributed by atoms with van der Waals surface area (Å²) in [5, 5.41) is 5.84. The number of benzene rings is 2. The number of hydrogen-bond donors (Lipinski definition) is 2. The number of rotatable bonds is 10. The second-order valence-electron chi connectivity index (χ2n) is 7.12. The largest absolute Gasteiger partial charge is 0.493 e. The van der Waals surface area contributed by atoms with Gasteiger partial charge in [-0.25, -0.2) is 0 Å². The molecular formula is C23H27ClN2O5. The van der Waals surface area contributed by atoms with Crippen molar-refractivity contribution >= 4 is 40.9 Å². The van der Waals surface area contributed by atoms with Gasteiger partial charge in [-0.3, -0.25) is 9.59 Å². The quantitative estimate of drug-likeness (QED) is 0.520. The summed E-state index contributed by atoms with van der Waals surface area (Å²) in [5.74, 6) is 0.763. The van der Waals surface area contributed by atoms with Gasteiger partial charge in [0.05, 0.1) is 18.7 Å². The normalized spacial score (nSPS) is 10.9. The molecule has 2 N–H and O–H groups in total. The molecule has 0 radical (unpaired) electrons. The van der Waals surface area contributed by atoms with E-state index in [0.29, 0.717) is 46.0 Å². The topological polar surface area (TPSA) is 85.9 Å². The first-order valence-electron chi connectivity index (χ1n) is 9.70. The molecule has 0 spiro atoms. The van der Waals surface area contributed by atoms with E-state index in [4.69, 9.17) is 25.8 Å². The Morgan fingerprint density at radius 3 is 2.29 bits per heavy atom. The first-order valence-corrected chi connectivity index (χ1v) is 10.1. The van der Waals surface area contributed by atoms with Crippen molar-refractivity contribution in [2.45, 2.75) is 13.8 Å². The summed E-state index contributed by atoms with van der Waals surface area (Å²) >= 11 is 6.34. The zero-order valence-electron chi connectivity index (χ0n) is 18.0. The Morgan fingerprint density at radius 2 is 1.71 bits per heavy atom. The molecule has 0 aliphatic rings. The predicted molar refractivity (Wildman–Crippen MR) is 123 cm³/mol. The first kappa shape index (κ1) is 24.2. The van der Waals surface area contributed by atoms with E-state index in [1.807, 2.05) is 13.8 Å². The molecule has 166 valence electrons. The van der Waals surface area contributed by atoms with Gasteiger partial charge in [-0.1, -0.05) is 25.4 Å². The highest BCUT2D eigenvalue weighted by Crippen LogP contribution is 2.37. The van der Waals surface area contributed by atoms with E-state index in [9.17, 15) is 9.59 Å². The molecule has 0 saturated heterocycles. The molecule has 0 aliphatic heterocycles. The lowest BCUT2D eigenvalue weighted by atomic mass is 10.1. The summed E-state index contributed by atoms with van der Waals surface area (Å²) in [7, 11) is 2.99. The lowest BCUT2D eigenvalue weighted by Gasteiger charge is -2.14. The summed E-state index contributed by atoms with van der Waals surface area (Å²) in [6.07, 6.45) is 3.03. The van der Waals surface area contributed by atoms with Gasteiger partial charge in [0.25, 0.3) is 0 Å². The molecule has 0 atom stereocenters. The molecule has 0 fully saturated rings. The Bertz CT molecular complexity index is 926. The van der Waals surface area contributed by atoms with E-state index < -0.39 is 0 Å². The SMILES string of the molecule is COCC(=O)Nc1ccc(NC(=O)/C=C/c2cc(Cl)c(OCC(C)C)c(OC)c2)cc1. The third-order valence-corrected chi connectivity index (χ3v) is 4.23. The number of carbonyl (C=O) groups is 2. The number of methoxy groups -OCH3 is 2. The monoisotopic (exact) mass is 446 g/mol. The third-order valence-electron chi connectivity index (χ3n) is 3.95. The van der Waals surface area contributed by atoms with Crippen LogP contribution in [0.5, 0.6) is 11.5 Å². The van der Waals surface area contributed by atoms with Gasteiger partial charge in [-0.2, -0.15) is 0 Å². The van der Waals surface area contributed by atoms with Gasteiger partial charge in [0.1, 0.15) is 6.61 Å². The lowest BCUT2D eigenvalue weighted by Crippen LogP contribution is -2.17. The van der Waals surface area contributed by atoms with Crippen LogP contribution in [0.25, 0.3) is 6.08 Å². The number of nitrogens with one attached hydrogen (secondary N) is 2. The van der Waals surface area contributed by atoms with E-state index in [-0.39, 0.29) is 18.4 Å². The second-order valence-corrected chi connectivity index (χ2v) is 7.53. The fraction of sp³-hybridized carbons (Fsp3) is 0.304. The number of hydrogen-bond acceptors (Lipinski definition) is 5. The summed E-state index contributed by atoms with van der Waals surface area (Å²) in [4.78, 5) is 23.8. The van der Waals surface area contributed by atoms with E-state index in [0.717, 1.165) is 0 Å².